The van der Waals surface area contributed by atoms with Crippen molar-refractivity contribution in [3.63, 3.8) is 0 Å². The Bertz CT molecular complexity index is 315. The third kappa shape index (κ3) is 1.99. The number of rotatable bonds is 3. The average molecular weight is 192 g/mol. The molecule has 0 aliphatic rings. The highest BCUT2D eigenvalue weighted by Gasteiger charge is 2.24. The van der Waals surface area contributed by atoms with E-state index in [4.69, 9.17) is 0 Å². The third-order valence-electron chi connectivity index (χ3n) is 2.67. The maximum atomic E-state index is 10.5. The van der Waals surface area contributed by atoms with Crippen LogP contribution in [-0.2, 0) is 5.54 Å². The van der Waals surface area contributed by atoms with Crippen molar-refractivity contribution in [2.75, 3.05) is 14.1 Å². The molecule has 0 aromatic carbocycles. The molecule has 0 bridgehead atoms. The van der Waals surface area contributed by atoms with E-state index < -0.39 is 0 Å². The monoisotopic (exact) mass is 192 g/mol. The lowest BCUT2D eigenvalue weighted by atomic mass is 9.98. The molecule has 0 aliphatic heterocycles. The lowest BCUT2D eigenvalue weighted by Gasteiger charge is -2.31. The Balaban J connectivity index is 3.02. The highest BCUT2D eigenvalue weighted by molar-refractivity contribution is 5.73. The van der Waals surface area contributed by atoms with Gasteiger partial charge in [0.25, 0.3) is 0 Å². The fourth-order valence-corrected chi connectivity index (χ4v) is 1.07. The molecule has 0 fully saturated rings. The summed E-state index contributed by atoms with van der Waals surface area (Å²) in [6, 6.07) is 3.68. The summed E-state index contributed by atoms with van der Waals surface area (Å²) in [5.74, 6) is 0. The van der Waals surface area contributed by atoms with E-state index in [2.05, 4.69) is 23.7 Å². The van der Waals surface area contributed by atoms with E-state index in [0.717, 1.165) is 12.0 Å². The van der Waals surface area contributed by atoms with Crippen LogP contribution in [-0.4, -0.2) is 30.3 Å². The van der Waals surface area contributed by atoms with Crippen molar-refractivity contribution in [3.05, 3.63) is 29.6 Å². The minimum absolute atomic E-state index is 0.110. The Morgan fingerprint density at radius 3 is 2.36 bits per heavy atom. The topological polar surface area (TPSA) is 33.2 Å². The van der Waals surface area contributed by atoms with E-state index in [1.165, 1.54) is 0 Å². The molecule has 0 amide bonds. The first-order valence-electron chi connectivity index (χ1n) is 4.57. The number of aldehydes is 1. The lowest BCUT2D eigenvalue weighted by molar-refractivity contribution is 0.112. The maximum absolute atomic E-state index is 10.5. The van der Waals surface area contributed by atoms with Crippen molar-refractivity contribution in [2.45, 2.75) is 19.4 Å². The van der Waals surface area contributed by atoms with Gasteiger partial charge in [-0.15, -0.1) is 0 Å². The maximum Gasteiger partial charge on any atom is 0.151 e. The number of carbonyl (C=O) groups is 1. The van der Waals surface area contributed by atoms with Gasteiger partial charge in [-0.3, -0.25) is 14.7 Å². The highest BCUT2D eigenvalue weighted by atomic mass is 16.1. The van der Waals surface area contributed by atoms with Gasteiger partial charge in [-0.05, 0) is 40.1 Å². The molecule has 76 valence electrons. The second-order valence-corrected chi connectivity index (χ2v) is 4.05. The van der Waals surface area contributed by atoms with Crippen LogP contribution in [0.5, 0.6) is 0 Å². The first-order chi connectivity index (χ1) is 6.48. The summed E-state index contributed by atoms with van der Waals surface area (Å²) >= 11 is 0. The Kier molecular flexibility index (Phi) is 3.01. The predicted molar refractivity (Wildman–Crippen MR) is 56.3 cm³/mol. The first-order valence-corrected chi connectivity index (χ1v) is 4.57. The summed E-state index contributed by atoms with van der Waals surface area (Å²) in [5.41, 5.74) is 1.47. The zero-order valence-corrected chi connectivity index (χ0v) is 9.11. The molecule has 1 rings (SSSR count). The molecule has 0 atom stereocenters. The van der Waals surface area contributed by atoms with E-state index in [1.54, 1.807) is 12.3 Å². The van der Waals surface area contributed by atoms with Crippen molar-refractivity contribution in [1.29, 1.82) is 0 Å². The summed E-state index contributed by atoms with van der Waals surface area (Å²) in [4.78, 5) is 16.8. The Morgan fingerprint density at radius 2 is 2.00 bits per heavy atom. The SMILES string of the molecule is CN(C)C(C)(C)c1ccc(C=O)cn1. The van der Waals surface area contributed by atoms with Crippen LogP contribution in [0.15, 0.2) is 18.3 Å². The van der Waals surface area contributed by atoms with Gasteiger partial charge in [-0.2, -0.15) is 0 Å². The molecular weight excluding hydrogens is 176 g/mol. The van der Waals surface area contributed by atoms with Crippen molar-refractivity contribution in [1.82, 2.24) is 9.88 Å². The average Bonchev–Trinajstić information content (AvgIpc) is 2.17. The molecule has 1 aromatic heterocycles. The zero-order valence-electron chi connectivity index (χ0n) is 9.11. The van der Waals surface area contributed by atoms with Gasteiger partial charge in [0.05, 0.1) is 11.2 Å². The van der Waals surface area contributed by atoms with Gasteiger partial charge < -0.3 is 0 Å². The molecule has 14 heavy (non-hydrogen) atoms. The molecule has 1 heterocycles. The summed E-state index contributed by atoms with van der Waals surface area (Å²) in [7, 11) is 4.02. The molecule has 0 aliphatic carbocycles. The normalized spacial score (nSPS) is 11.8. The number of pyridine rings is 1. The number of aromatic nitrogens is 1. The molecule has 0 saturated carbocycles. The van der Waals surface area contributed by atoms with Gasteiger partial charge in [-0.1, -0.05) is 0 Å². The van der Waals surface area contributed by atoms with Gasteiger partial charge in [-0.25, -0.2) is 0 Å². The lowest BCUT2D eigenvalue weighted by Crippen LogP contribution is -2.36. The van der Waals surface area contributed by atoms with Crippen LogP contribution >= 0.6 is 0 Å². The molecule has 0 spiro atoms. The molecule has 1 aromatic rings. The Morgan fingerprint density at radius 1 is 1.36 bits per heavy atom. The van der Waals surface area contributed by atoms with E-state index in [0.29, 0.717) is 5.56 Å². The second-order valence-electron chi connectivity index (χ2n) is 4.05. The molecule has 0 radical (unpaired) electrons. The summed E-state index contributed by atoms with van der Waals surface area (Å²) in [5, 5.41) is 0. The van der Waals surface area contributed by atoms with Gasteiger partial charge >= 0.3 is 0 Å². The predicted octanol–water partition coefficient (Wildman–Crippen LogP) is 1.69. The van der Waals surface area contributed by atoms with Gasteiger partial charge in [0, 0.05) is 11.8 Å². The molecule has 0 N–H and O–H groups in total. The summed E-state index contributed by atoms with van der Waals surface area (Å²) in [6.07, 6.45) is 2.41. The molecular formula is C11H16N2O. The Labute approximate surface area is 84.8 Å². The highest BCUT2D eigenvalue weighted by Crippen LogP contribution is 2.22. The van der Waals surface area contributed by atoms with Crippen molar-refractivity contribution < 1.29 is 4.79 Å². The van der Waals surface area contributed by atoms with E-state index >= 15 is 0 Å². The third-order valence-corrected chi connectivity index (χ3v) is 2.67. The quantitative estimate of drug-likeness (QED) is 0.683. The smallest absolute Gasteiger partial charge is 0.151 e. The summed E-state index contributed by atoms with van der Waals surface area (Å²) in [6.45, 7) is 4.19. The van der Waals surface area contributed by atoms with Crippen molar-refractivity contribution >= 4 is 6.29 Å². The molecule has 3 heteroatoms. The van der Waals surface area contributed by atoms with Crippen LogP contribution in [0.4, 0.5) is 0 Å². The van der Waals surface area contributed by atoms with Gasteiger partial charge in [0.1, 0.15) is 0 Å². The number of carbonyl (C=O) groups excluding carboxylic acids is 1. The van der Waals surface area contributed by atoms with E-state index in [1.807, 2.05) is 20.2 Å². The minimum atomic E-state index is -0.110. The van der Waals surface area contributed by atoms with Crippen LogP contribution < -0.4 is 0 Å². The first kappa shape index (κ1) is 10.9. The number of nitrogens with zero attached hydrogens (tertiary/aromatic N) is 2. The standard InChI is InChI=1S/C11H16N2O/c1-11(2,13(3)4)10-6-5-9(8-14)7-12-10/h5-8H,1-4H3. The largest absolute Gasteiger partial charge is 0.299 e. The van der Waals surface area contributed by atoms with Crippen LogP contribution in [0.3, 0.4) is 0 Å². The van der Waals surface area contributed by atoms with E-state index in [9.17, 15) is 4.79 Å². The van der Waals surface area contributed by atoms with Crippen LogP contribution in [0, 0.1) is 0 Å². The molecule has 0 saturated heterocycles. The second kappa shape index (κ2) is 3.88. The van der Waals surface area contributed by atoms with Crippen molar-refractivity contribution in [2.24, 2.45) is 0 Å². The molecule has 3 nitrogen and oxygen atoms in total. The fraction of sp³-hybridized carbons (Fsp3) is 0.455. The van der Waals surface area contributed by atoms with Crippen LogP contribution in [0.25, 0.3) is 0 Å². The van der Waals surface area contributed by atoms with Gasteiger partial charge in [0.15, 0.2) is 6.29 Å². The van der Waals surface area contributed by atoms with Crippen LogP contribution in [0.1, 0.15) is 29.9 Å². The Hall–Kier alpha value is -1.22. The fourth-order valence-electron chi connectivity index (χ4n) is 1.07. The number of hydrogen-bond donors (Lipinski definition) is 0. The molecule has 0 unspecified atom stereocenters. The minimum Gasteiger partial charge on any atom is -0.299 e. The van der Waals surface area contributed by atoms with Crippen LogP contribution in [0.2, 0.25) is 0 Å². The summed E-state index contributed by atoms with van der Waals surface area (Å²) < 4.78 is 0. The zero-order chi connectivity index (χ0) is 10.8. The van der Waals surface area contributed by atoms with E-state index in [-0.39, 0.29) is 5.54 Å². The van der Waals surface area contributed by atoms with Gasteiger partial charge in [0.2, 0.25) is 0 Å². The van der Waals surface area contributed by atoms with Crippen molar-refractivity contribution in [3.8, 4) is 0 Å². The number of hydrogen-bond acceptors (Lipinski definition) is 3.